The van der Waals surface area contributed by atoms with Crippen LogP contribution in [-0.4, -0.2) is 6.04 Å². The Kier molecular flexibility index (Phi) is 7.05. The molecule has 184 valence electrons. The van der Waals surface area contributed by atoms with E-state index >= 15 is 0 Å². The summed E-state index contributed by atoms with van der Waals surface area (Å²) in [4.78, 5) is 0. The van der Waals surface area contributed by atoms with Gasteiger partial charge in [0.15, 0.2) is 0 Å². The SMILES string of the molecule is C=C/C(C#N)=C\CC(N)/C=C\C(=C)c1ccc2c(c1)-c1ccccc1C2(c1ccccc1)c1ccccc1. The molecular formula is C36H30N2. The van der Waals surface area contributed by atoms with Gasteiger partial charge in [-0.05, 0) is 57.0 Å². The highest BCUT2D eigenvalue weighted by atomic mass is 14.6. The Morgan fingerprint density at radius 1 is 0.842 bits per heavy atom. The van der Waals surface area contributed by atoms with Gasteiger partial charge in [-0.1, -0.05) is 135 Å². The summed E-state index contributed by atoms with van der Waals surface area (Å²) in [6.07, 6.45) is 7.83. The highest BCUT2D eigenvalue weighted by Gasteiger charge is 2.45. The molecule has 1 atom stereocenters. The molecule has 0 aliphatic heterocycles. The van der Waals surface area contributed by atoms with Gasteiger partial charge in [0.05, 0.1) is 11.5 Å². The molecule has 0 aromatic heterocycles. The number of nitrogens with zero attached hydrogens (tertiary/aromatic N) is 1. The molecule has 0 amide bonds. The summed E-state index contributed by atoms with van der Waals surface area (Å²) in [5.74, 6) is 0. The lowest BCUT2D eigenvalue weighted by atomic mass is 9.67. The molecule has 0 spiro atoms. The Bertz CT molecular complexity index is 1540. The van der Waals surface area contributed by atoms with Crippen molar-refractivity contribution in [3.63, 3.8) is 0 Å². The fraction of sp³-hybridized carbons (Fsp3) is 0.0833. The van der Waals surface area contributed by atoms with Crippen LogP contribution in [0.15, 0.2) is 146 Å². The Labute approximate surface area is 225 Å². The zero-order valence-corrected chi connectivity index (χ0v) is 21.3. The summed E-state index contributed by atoms with van der Waals surface area (Å²) in [5.41, 5.74) is 15.9. The zero-order chi connectivity index (χ0) is 26.5. The number of hydrogen-bond donors (Lipinski definition) is 1. The number of hydrogen-bond acceptors (Lipinski definition) is 2. The molecule has 2 heteroatoms. The Hall–Kier alpha value is -4.71. The number of fused-ring (bicyclic) bond motifs is 3. The van der Waals surface area contributed by atoms with E-state index < -0.39 is 5.41 Å². The highest BCUT2D eigenvalue weighted by Crippen LogP contribution is 2.56. The maximum absolute atomic E-state index is 9.07. The van der Waals surface area contributed by atoms with Gasteiger partial charge in [0.2, 0.25) is 0 Å². The largest absolute Gasteiger partial charge is 0.324 e. The maximum atomic E-state index is 9.07. The first-order valence-electron chi connectivity index (χ1n) is 12.8. The lowest BCUT2D eigenvalue weighted by Gasteiger charge is -2.33. The van der Waals surface area contributed by atoms with Gasteiger partial charge in [-0.25, -0.2) is 0 Å². The van der Waals surface area contributed by atoms with E-state index in [9.17, 15) is 0 Å². The lowest BCUT2D eigenvalue weighted by molar-refractivity contribution is 0.768. The number of nitrogens with two attached hydrogens (primary N) is 1. The first kappa shape index (κ1) is 25.0. The van der Waals surface area contributed by atoms with E-state index in [-0.39, 0.29) is 6.04 Å². The van der Waals surface area contributed by atoms with Crippen LogP contribution < -0.4 is 5.73 Å². The quantitative estimate of drug-likeness (QED) is 0.177. The van der Waals surface area contributed by atoms with Crippen LogP contribution in [0.2, 0.25) is 0 Å². The average molecular weight is 491 g/mol. The van der Waals surface area contributed by atoms with Gasteiger partial charge in [0.25, 0.3) is 0 Å². The number of rotatable bonds is 8. The standard InChI is InChI=1S/C36H30N2/c1-3-27(25-37)19-22-31(38)21-18-26(2)28-20-23-35-33(24-28)32-16-10-11-17-34(32)36(35,29-12-6-4-7-13-29)30-14-8-5-9-15-30/h3-21,23-24,31H,1-2,22,38H2/b21-18-,27-19+. The molecule has 4 aromatic carbocycles. The van der Waals surface area contributed by atoms with Crippen molar-refractivity contribution in [1.29, 1.82) is 5.26 Å². The van der Waals surface area contributed by atoms with Crippen LogP contribution in [0, 0.1) is 11.3 Å². The van der Waals surface area contributed by atoms with Crippen LogP contribution in [0.4, 0.5) is 0 Å². The predicted octanol–water partition coefficient (Wildman–Crippen LogP) is 7.97. The lowest BCUT2D eigenvalue weighted by Crippen LogP contribution is -2.28. The third kappa shape index (κ3) is 4.34. The molecule has 0 radical (unpaired) electrons. The summed E-state index contributed by atoms with van der Waals surface area (Å²) in [6.45, 7) is 7.99. The van der Waals surface area contributed by atoms with Crippen molar-refractivity contribution in [1.82, 2.24) is 0 Å². The number of allylic oxidation sites excluding steroid dienone is 4. The second-order valence-corrected chi connectivity index (χ2v) is 9.55. The molecule has 0 saturated heterocycles. The molecule has 1 unspecified atom stereocenters. The van der Waals surface area contributed by atoms with Crippen molar-refractivity contribution >= 4 is 5.57 Å². The minimum Gasteiger partial charge on any atom is -0.324 e. The molecule has 5 rings (SSSR count). The van der Waals surface area contributed by atoms with Gasteiger partial charge < -0.3 is 5.73 Å². The highest BCUT2D eigenvalue weighted by molar-refractivity contribution is 5.88. The smallest absolute Gasteiger partial charge is 0.0988 e. The fourth-order valence-electron chi connectivity index (χ4n) is 5.50. The molecule has 4 aromatic rings. The third-order valence-corrected chi connectivity index (χ3v) is 7.33. The molecule has 0 bridgehead atoms. The molecule has 2 N–H and O–H groups in total. The third-order valence-electron chi connectivity index (χ3n) is 7.33. The second-order valence-electron chi connectivity index (χ2n) is 9.55. The van der Waals surface area contributed by atoms with E-state index in [4.69, 9.17) is 11.0 Å². The monoisotopic (exact) mass is 490 g/mol. The maximum Gasteiger partial charge on any atom is 0.0988 e. The minimum absolute atomic E-state index is 0.214. The normalized spacial score (nSPS) is 14.4. The van der Waals surface area contributed by atoms with Gasteiger partial charge in [-0.2, -0.15) is 5.26 Å². The van der Waals surface area contributed by atoms with Gasteiger partial charge in [0.1, 0.15) is 0 Å². The van der Waals surface area contributed by atoms with Crippen molar-refractivity contribution in [2.24, 2.45) is 5.73 Å². The van der Waals surface area contributed by atoms with Crippen LogP contribution >= 0.6 is 0 Å². The van der Waals surface area contributed by atoms with Crippen molar-refractivity contribution in [2.75, 3.05) is 0 Å². The van der Waals surface area contributed by atoms with Crippen LogP contribution in [-0.2, 0) is 5.41 Å². The molecule has 1 aliphatic rings. The number of nitriles is 1. The van der Waals surface area contributed by atoms with Crippen LogP contribution in [0.25, 0.3) is 16.7 Å². The van der Waals surface area contributed by atoms with E-state index in [1.165, 1.54) is 33.4 Å². The summed E-state index contributed by atoms with van der Waals surface area (Å²) in [6, 6.07) is 38.8. The first-order valence-corrected chi connectivity index (χ1v) is 12.8. The summed E-state index contributed by atoms with van der Waals surface area (Å²) in [5, 5.41) is 9.07. The topological polar surface area (TPSA) is 49.8 Å². The molecule has 0 fully saturated rings. The average Bonchev–Trinajstić information content (AvgIpc) is 3.28. The van der Waals surface area contributed by atoms with Gasteiger partial charge >= 0.3 is 0 Å². The van der Waals surface area contributed by atoms with E-state index in [2.05, 4.69) is 122 Å². The zero-order valence-electron chi connectivity index (χ0n) is 21.3. The Morgan fingerprint density at radius 3 is 2.08 bits per heavy atom. The summed E-state index contributed by atoms with van der Waals surface area (Å²) < 4.78 is 0. The van der Waals surface area contributed by atoms with E-state index in [1.54, 1.807) is 6.08 Å². The van der Waals surface area contributed by atoms with Crippen molar-refractivity contribution in [3.8, 4) is 17.2 Å². The molecule has 1 aliphatic carbocycles. The number of benzene rings is 4. The van der Waals surface area contributed by atoms with Gasteiger partial charge in [0, 0.05) is 11.6 Å². The van der Waals surface area contributed by atoms with E-state index in [0.717, 1.165) is 11.1 Å². The van der Waals surface area contributed by atoms with Crippen LogP contribution in [0.5, 0.6) is 0 Å². The van der Waals surface area contributed by atoms with Gasteiger partial charge in [-0.3, -0.25) is 0 Å². The Balaban J connectivity index is 1.59. The molecular weight excluding hydrogens is 460 g/mol. The first-order chi connectivity index (χ1) is 18.6. The predicted molar refractivity (Wildman–Crippen MR) is 158 cm³/mol. The Morgan fingerprint density at radius 2 is 1.45 bits per heavy atom. The molecule has 0 saturated carbocycles. The van der Waals surface area contributed by atoms with Crippen molar-refractivity contribution in [3.05, 3.63) is 174 Å². The second kappa shape index (κ2) is 10.7. The van der Waals surface area contributed by atoms with Crippen LogP contribution in [0.1, 0.15) is 34.2 Å². The van der Waals surface area contributed by atoms with Gasteiger partial charge in [-0.15, -0.1) is 0 Å². The summed E-state index contributed by atoms with van der Waals surface area (Å²) >= 11 is 0. The summed E-state index contributed by atoms with van der Waals surface area (Å²) in [7, 11) is 0. The molecule has 38 heavy (non-hydrogen) atoms. The van der Waals surface area contributed by atoms with Crippen LogP contribution in [0.3, 0.4) is 0 Å². The van der Waals surface area contributed by atoms with Crippen molar-refractivity contribution in [2.45, 2.75) is 17.9 Å². The fourth-order valence-corrected chi connectivity index (χ4v) is 5.50. The molecule has 0 heterocycles. The van der Waals surface area contributed by atoms with Crippen molar-refractivity contribution < 1.29 is 0 Å². The van der Waals surface area contributed by atoms with E-state index in [1.807, 2.05) is 18.2 Å². The molecule has 2 nitrogen and oxygen atoms in total. The minimum atomic E-state index is -0.400. The van der Waals surface area contributed by atoms with E-state index in [0.29, 0.717) is 12.0 Å².